The minimum Gasteiger partial charge on any atom is -0.443 e. The van der Waals surface area contributed by atoms with Gasteiger partial charge in [0.15, 0.2) is 5.41 Å². The van der Waals surface area contributed by atoms with E-state index in [2.05, 4.69) is 18.2 Å². The van der Waals surface area contributed by atoms with E-state index in [1.54, 1.807) is 19.1 Å². The van der Waals surface area contributed by atoms with Crippen molar-refractivity contribution < 1.29 is 9.47 Å². The van der Waals surface area contributed by atoms with Crippen molar-refractivity contribution >= 4 is 29.1 Å². The van der Waals surface area contributed by atoms with E-state index in [0.717, 1.165) is 11.1 Å². The number of fused-ring (bicyclic) bond motifs is 2. The molecule has 160 valence electrons. The zero-order valence-corrected chi connectivity index (χ0v) is 19.0. The highest BCUT2D eigenvalue weighted by molar-refractivity contribution is 6.35. The molecule has 2 saturated heterocycles. The van der Waals surface area contributed by atoms with Gasteiger partial charge < -0.3 is 9.47 Å². The van der Waals surface area contributed by atoms with Gasteiger partial charge in [0.05, 0.1) is 29.1 Å². The third-order valence-electron chi connectivity index (χ3n) is 6.69. The average Bonchev–Trinajstić information content (AvgIpc) is 2.92. The summed E-state index contributed by atoms with van der Waals surface area (Å²) in [6.45, 7) is 5.36. The van der Waals surface area contributed by atoms with Gasteiger partial charge in [-0.25, -0.2) is 0 Å². The maximum atomic E-state index is 10.4. The summed E-state index contributed by atoms with van der Waals surface area (Å²) in [5.41, 5.74) is -1.30. The van der Waals surface area contributed by atoms with Gasteiger partial charge in [-0.05, 0) is 43.2 Å². The third kappa shape index (κ3) is 2.51. The SMILES string of the molecule is Cc1ccc(C)c(C2OC3(c4ccc(Cl)cc4Cl)OC(=N)C(C#N)(C3C)C2(C#N)C#N)c1. The standard InChI is InChI=1S/C24H18Cl2N4O2/c1-13-4-5-14(2)17(8-13)20-22(10-27,11-28)23(12-29)15(3)24(31-20,32-21(23)30)18-7-6-16(25)9-19(18)26/h4-9,15,20,30H,1-3H3. The van der Waals surface area contributed by atoms with Crippen molar-refractivity contribution in [1.29, 1.82) is 21.2 Å². The molecule has 1 N–H and O–H groups in total. The molecule has 6 nitrogen and oxygen atoms in total. The van der Waals surface area contributed by atoms with Crippen LogP contribution in [0.5, 0.6) is 0 Å². The topological polar surface area (TPSA) is 114 Å². The number of hydrogen-bond acceptors (Lipinski definition) is 6. The van der Waals surface area contributed by atoms with Gasteiger partial charge in [0, 0.05) is 10.6 Å². The minimum atomic E-state index is -2.03. The van der Waals surface area contributed by atoms with Gasteiger partial charge in [0.1, 0.15) is 6.10 Å². The van der Waals surface area contributed by atoms with Crippen molar-refractivity contribution in [2.75, 3.05) is 0 Å². The number of nitriles is 3. The molecule has 2 aliphatic heterocycles. The van der Waals surface area contributed by atoms with Crippen LogP contribution in [-0.4, -0.2) is 5.90 Å². The van der Waals surface area contributed by atoms with Gasteiger partial charge in [0.25, 0.3) is 0 Å². The minimum absolute atomic E-state index is 0.229. The quantitative estimate of drug-likeness (QED) is 0.609. The number of halogens is 2. The fraction of sp³-hybridized carbons (Fsp3) is 0.333. The largest absolute Gasteiger partial charge is 0.443 e. The van der Waals surface area contributed by atoms with Crippen LogP contribution >= 0.6 is 23.2 Å². The van der Waals surface area contributed by atoms with Crippen molar-refractivity contribution in [3.8, 4) is 18.2 Å². The van der Waals surface area contributed by atoms with Crippen molar-refractivity contribution in [3.63, 3.8) is 0 Å². The Balaban J connectivity index is 2.10. The van der Waals surface area contributed by atoms with Gasteiger partial charge >= 0.3 is 0 Å². The average molecular weight is 465 g/mol. The summed E-state index contributed by atoms with van der Waals surface area (Å²) in [6.07, 6.45) is -1.18. The van der Waals surface area contributed by atoms with Crippen molar-refractivity contribution in [1.82, 2.24) is 0 Å². The lowest BCUT2D eigenvalue weighted by Gasteiger charge is -2.49. The second-order valence-corrected chi connectivity index (χ2v) is 9.10. The second kappa shape index (κ2) is 7.22. The van der Waals surface area contributed by atoms with Crippen molar-refractivity contribution in [3.05, 3.63) is 68.7 Å². The summed E-state index contributed by atoms with van der Waals surface area (Å²) in [6, 6.07) is 16.6. The molecule has 4 atom stereocenters. The van der Waals surface area contributed by atoms with Crippen LogP contribution in [0.4, 0.5) is 0 Å². The highest BCUT2D eigenvalue weighted by Crippen LogP contribution is 2.69. The van der Waals surface area contributed by atoms with Crippen LogP contribution in [0.3, 0.4) is 0 Å². The maximum absolute atomic E-state index is 10.4. The van der Waals surface area contributed by atoms with E-state index in [0.29, 0.717) is 16.1 Å². The highest BCUT2D eigenvalue weighted by Gasteiger charge is 2.80. The first-order chi connectivity index (χ1) is 15.1. The zero-order chi connectivity index (χ0) is 23.5. The summed E-state index contributed by atoms with van der Waals surface area (Å²) < 4.78 is 12.5. The lowest BCUT2D eigenvalue weighted by Crippen LogP contribution is -2.57. The first-order valence-corrected chi connectivity index (χ1v) is 10.6. The number of rotatable bonds is 2. The van der Waals surface area contributed by atoms with Crippen molar-refractivity contribution in [2.24, 2.45) is 16.7 Å². The Morgan fingerprint density at radius 2 is 1.69 bits per heavy atom. The van der Waals surface area contributed by atoms with Gasteiger partial charge in [-0.2, -0.15) is 15.8 Å². The first-order valence-electron chi connectivity index (χ1n) is 9.85. The number of benzene rings is 2. The molecule has 2 aromatic rings. The smallest absolute Gasteiger partial charge is 0.245 e. The molecule has 0 aromatic heterocycles. The summed E-state index contributed by atoms with van der Waals surface area (Å²) in [5, 5.41) is 40.3. The molecule has 0 aliphatic carbocycles. The lowest BCUT2D eigenvalue weighted by molar-refractivity contribution is -0.288. The molecular formula is C24H18Cl2N4O2. The molecule has 32 heavy (non-hydrogen) atoms. The molecule has 4 unspecified atom stereocenters. The van der Waals surface area contributed by atoms with Crippen LogP contribution in [0, 0.1) is 70.0 Å². The molecule has 0 spiro atoms. The van der Waals surface area contributed by atoms with Gasteiger partial charge in [-0.15, -0.1) is 0 Å². The number of hydrogen-bond donors (Lipinski definition) is 1. The van der Waals surface area contributed by atoms with E-state index in [4.69, 9.17) is 38.1 Å². The monoisotopic (exact) mass is 464 g/mol. The van der Waals surface area contributed by atoms with Gasteiger partial charge in [0.2, 0.25) is 17.1 Å². The molecule has 0 saturated carbocycles. The van der Waals surface area contributed by atoms with E-state index in [1.165, 1.54) is 6.07 Å². The lowest BCUT2D eigenvalue weighted by atomic mass is 9.53. The maximum Gasteiger partial charge on any atom is 0.245 e. The van der Waals surface area contributed by atoms with E-state index in [9.17, 15) is 15.8 Å². The Morgan fingerprint density at radius 1 is 1.00 bits per heavy atom. The predicted molar refractivity (Wildman–Crippen MR) is 118 cm³/mol. The van der Waals surface area contributed by atoms with Crippen LogP contribution < -0.4 is 0 Å². The first kappa shape index (κ1) is 22.1. The number of ether oxygens (including phenoxy) is 2. The molecule has 2 aliphatic rings. The zero-order valence-electron chi connectivity index (χ0n) is 17.5. The molecule has 2 aromatic carbocycles. The highest BCUT2D eigenvalue weighted by atomic mass is 35.5. The fourth-order valence-electron chi connectivity index (χ4n) is 4.94. The summed E-state index contributed by atoms with van der Waals surface area (Å²) >= 11 is 12.6. The van der Waals surface area contributed by atoms with E-state index < -0.39 is 34.5 Å². The van der Waals surface area contributed by atoms with Crippen LogP contribution in [-0.2, 0) is 15.3 Å². The summed E-state index contributed by atoms with van der Waals surface area (Å²) in [4.78, 5) is 0. The van der Waals surface area contributed by atoms with Crippen molar-refractivity contribution in [2.45, 2.75) is 32.7 Å². The van der Waals surface area contributed by atoms with Gasteiger partial charge in [-0.3, -0.25) is 5.41 Å². The summed E-state index contributed by atoms with van der Waals surface area (Å²) in [5.74, 6) is -3.05. The Bertz CT molecular complexity index is 1270. The van der Waals surface area contributed by atoms with Crippen LogP contribution in [0.1, 0.15) is 35.3 Å². The Morgan fingerprint density at radius 3 is 2.28 bits per heavy atom. The Kier molecular flexibility index (Phi) is 5.00. The number of aryl methyl sites for hydroxylation is 2. The molecule has 2 fully saturated rings. The number of nitrogens with zero attached hydrogens (tertiary/aromatic N) is 3. The molecule has 2 heterocycles. The molecular weight excluding hydrogens is 447 g/mol. The number of nitrogens with one attached hydrogen (secondary N) is 1. The van der Waals surface area contributed by atoms with Crippen LogP contribution in [0.15, 0.2) is 36.4 Å². The Hall–Kier alpha value is -3.08. The third-order valence-corrected chi connectivity index (χ3v) is 7.24. The molecule has 0 radical (unpaired) electrons. The van der Waals surface area contributed by atoms with E-state index in [1.807, 2.05) is 32.0 Å². The fourth-order valence-corrected chi connectivity index (χ4v) is 5.48. The van der Waals surface area contributed by atoms with E-state index >= 15 is 0 Å². The molecule has 0 amide bonds. The molecule has 4 rings (SSSR count). The van der Waals surface area contributed by atoms with Gasteiger partial charge in [-0.1, -0.05) is 53.9 Å². The van der Waals surface area contributed by atoms with E-state index in [-0.39, 0.29) is 5.02 Å². The summed E-state index contributed by atoms with van der Waals surface area (Å²) in [7, 11) is 0. The predicted octanol–water partition coefficient (Wildman–Crippen LogP) is 5.72. The second-order valence-electron chi connectivity index (χ2n) is 8.25. The normalized spacial score (nSPS) is 30.0. The molecule has 2 bridgehead atoms. The van der Waals surface area contributed by atoms with Crippen LogP contribution in [0.25, 0.3) is 0 Å². The Labute approximate surface area is 196 Å². The van der Waals surface area contributed by atoms with Crippen LogP contribution in [0.2, 0.25) is 10.0 Å². The molecule has 8 heteroatoms.